The van der Waals surface area contributed by atoms with Gasteiger partial charge in [-0.3, -0.25) is 9.69 Å². The van der Waals surface area contributed by atoms with Crippen LogP contribution in [0.1, 0.15) is 16.9 Å². The van der Waals surface area contributed by atoms with E-state index in [9.17, 15) is 4.79 Å². The van der Waals surface area contributed by atoms with E-state index in [0.717, 1.165) is 16.8 Å². The molecule has 158 valence electrons. The number of para-hydroxylation sites is 1. The molecule has 1 aromatic heterocycles. The molecule has 1 aliphatic rings. The summed E-state index contributed by atoms with van der Waals surface area (Å²) in [4.78, 5) is 20.2. The van der Waals surface area contributed by atoms with Gasteiger partial charge in [0.2, 0.25) is 0 Å². The van der Waals surface area contributed by atoms with Gasteiger partial charge in [0, 0.05) is 0 Å². The molecule has 2 heterocycles. The van der Waals surface area contributed by atoms with Crippen molar-refractivity contribution in [3.05, 3.63) is 82.7 Å². The highest BCUT2D eigenvalue weighted by molar-refractivity contribution is 8.18. The number of ether oxygens (including phenoxy) is 2. The van der Waals surface area contributed by atoms with Crippen molar-refractivity contribution < 1.29 is 18.7 Å². The third-order valence-electron chi connectivity index (χ3n) is 4.82. The number of nitrogens with zero attached hydrogens (tertiary/aromatic N) is 2. The highest BCUT2D eigenvalue weighted by atomic mass is 32.2. The summed E-state index contributed by atoms with van der Waals surface area (Å²) in [6.45, 7) is 2.28. The number of hydrogen-bond acceptors (Lipinski definition) is 6. The number of furan rings is 1. The van der Waals surface area contributed by atoms with Gasteiger partial charge in [-0.1, -0.05) is 18.2 Å². The van der Waals surface area contributed by atoms with Gasteiger partial charge in [-0.2, -0.15) is 0 Å². The maximum Gasteiger partial charge on any atom is 0.267 e. The summed E-state index contributed by atoms with van der Waals surface area (Å²) in [7, 11) is 3.19. The van der Waals surface area contributed by atoms with Crippen LogP contribution in [0.15, 0.2) is 75.2 Å². The van der Waals surface area contributed by atoms with Crippen LogP contribution < -0.4 is 9.47 Å². The Balaban J connectivity index is 1.72. The van der Waals surface area contributed by atoms with E-state index in [0.29, 0.717) is 33.9 Å². The van der Waals surface area contributed by atoms with Gasteiger partial charge < -0.3 is 13.9 Å². The summed E-state index contributed by atoms with van der Waals surface area (Å²) >= 11 is 1.34. The van der Waals surface area contributed by atoms with Crippen LogP contribution in [0.25, 0.3) is 6.08 Å². The van der Waals surface area contributed by atoms with Crippen molar-refractivity contribution in [1.29, 1.82) is 0 Å². The fraction of sp³-hybridized carbons (Fsp3) is 0.167. The van der Waals surface area contributed by atoms with Crippen LogP contribution in [0.2, 0.25) is 0 Å². The Morgan fingerprint density at radius 3 is 2.48 bits per heavy atom. The number of benzene rings is 2. The van der Waals surface area contributed by atoms with Crippen LogP contribution in [0.3, 0.4) is 0 Å². The zero-order chi connectivity index (χ0) is 21.8. The van der Waals surface area contributed by atoms with Crippen molar-refractivity contribution >= 4 is 34.6 Å². The van der Waals surface area contributed by atoms with Crippen LogP contribution in [-0.2, 0) is 11.3 Å². The van der Waals surface area contributed by atoms with Gasteiger partial charge in [-0.15, -0.1) is 0 Å². The standard InChI is InChI=1S/C24H22N2O4S/c1-16-12-20(28-2)21(29-3)13-17(16)14-22-23(27)26(15-19-10-7-11-30-19)24(31-22)25-18-8-5-4-6-9-18/h4-14H,15H2,1-3H3/b22-14-,25-24?. The van der Waals surface area contributed by atoms with Crippen molar-refractivity contribution in [2.45, 2.75) is 13.5 Å². The first kappa shape index (κ1) is 20.8. The van der Waals surface area contributed by atoms with Gasteiger partial charge in [0.15, 0.2) is 16.7 Å². The number of amidine groups is 1. The Labute approximate surface area is 185 Å². The Morgan fingerprint density at radius 1 is 1.06 bits per heavy atom. The molecule has 0 saturated carbocycles. The average molecular weight is 435 g/mol. The van der Waals surface area contributed by atoms with Gasteiger partial charge in [-0.25, -0.2) is 4.99 Å². The van der Waals surface area contributed by atoms with E-state index in [4.69, 9.17) is 18.9 Å². The molecule has 2 aromatic carbocycles. The summed E-state index contributed by atoms with van der Waals surface area (Å²) in [5.74, 6) is 1.84. The number of amides is 1. The summed E-state index contributed by atoms with van der Waals surface area (Å²) in [5.41, 5.74) is 2.64. The molecule has 7 heteroatoms. The predicted octanol–water partition coefficient (Wildman–Crippen LogP) is 5.41. The first-order valence-electron chi connectivity index (χ1n) is 9.69. The molecule has 6 nitrogen and oxygen atoms in total. The van der Waals surface area contributed by atoms with Crippen molar-refractivity contribution in [3.8, 4) is 11.5 Å². The number of methoxy groups -OCH3 is 2. The number of aliphatic imine (C=N–C) groups is 1. The average Bonchev–Trinajstić information content (AvgIpc) is 3.40. The minimum atomic E-state index is -0.120. The topological polar surface area (TPSA) is 64.3 Å². The Hall–Kier alpha value is -3.45. The van der Waals surface area contributed by atoms with Crippen LogP contribution >= 0.6 is 11.8 Å². The molecule has 0 atom stereocenters. The van der Waals surface area contributed by atoms with E-state index in [1.807, 2.05) is 61.5 Å². The molecule has 1 aliphatic heterocycles. The number of carbonyl (C=O) groups is 1. The largest absolute Gasteiger partial charge is 0.493 e. The maximum atomic E-state index is 13.3. The van der Waals surface area contributed by atoms with E-state index in [1.54, 1.807) is 31.4 Å². The molecule has 1 saturated heterocycles. The Morgan fingerprint density at radius 2 is 1.81 bits per heavy atom. The molecular weight excluding hydrogens is 412 g/mol. The molecule has 0 bridgehead atoms. The molecule has 31 heavy (non-hydrogen) atoms. The van der Waals surface area contributed by atoms with Gasteiger partial charge in [-0.05, 0) is 72.3 Å². The molecule has 0 unspecified atom stereocenters. The van der Waals surface area contributed by atoms with Crippen LogP contribution in [0.5, 0.6) is 11.5 Å². The first-order valence-corrected chi connectivity index (χ1v) is 10.5. The summed E-state index contributed by atoms with van der Waals surface area (Å²) in [6, 6.07) is 17.0. The van der Waals surface area contributed by atoms with Crippen molar-refractivity contribution in [2.75, 3.05) is 14.2 Å². The zero-order valence-corrected chi connectivity index (χ0v) is 18.3. The van der Waals surface area contributed by atoms with E-state index < -0.39 is 0 Å². The van der Waals surface area contributed by atoms with Gasteiger partial charge >= 0.3 is 0 Å². The molecule has 0 radical (unpaired) electrons. The SMILES string of the molecule is COc1cc(C)c(/C=C2\SC(=Nc3ccccc3)N(Cc3ccco3)C2=O)cc1OC. The first-order chi connectivity index (χ1) is 15.1. The number of thioether (sulfide) groups is 1. The second-order valence-electron chi connectivity index (χ2n) is 6.88. The fourth-order valence-electron chi connectivity index (χ4n) is 3.20. The minimum absolute atomic E-state index is 0.120. The zero-order valence-electron chi connectivity index (χ0n) is 17.5. The molecule has 0 N–H and O–H groups in total. The highest BCUT2D eigenvalue weighted by Crippen LogP contribution is 2.37. The molecule has 0 aliphatic carbocycles. The molecule has 4 rings (SSSR count). The smallest absolute Gasteiger partial charge is 0.267 e. The molecule has 3 aromatic rings. The van der Waals surface area contributed by atoms with Crippen molar-refractivity contribution in [2.24, 2.45) is 4.99 Å². The third kappa shape index (κ3) is 4.51. The number of rotatable bonds is 6. The second-order valence-corrected chi connectivity index (χ2v) is 7.88. The number of carbonyl (C=O) groups excluding carboxylic acids is 1. The lowest BCUT2D eigenvalue weighted by Crippen LogP contribution is -2.28. The Bertz CT molecular complexity index is 1140. The predicted molar refractivity (Wildman–Crippen MR) is 123 cm³/mol. The summed E-state index contributed by atoms with van der Waals surface area (Å²) in [6.07, 6.45) is 3.47. The quantitative estimate of drug-likeness (QED) is 0.486. The normalized spacial score (nSPS) is 16.4. The summed E-state index contributed by atoms with van der Waals surface area (Å²) in [5, 5.41) is 0.608. The van der Waals surface area contributed by atoms with E-state index in [1.165, 1.54) is 11.8 Å². The Kier molecular flexibility index (Phi) is 6.13. The molecule has 1 fully saturated rings. The summed E-state index contributed by atoms with van der Waals surface area (Å²) < 4.78 is 16.3. The van der Waals surface area contributed by atoms with E-state index in [-0.39, 0.29) is 5.91 Å². The fourth-order valence-corrected chi connectivity index (χ4v) is 4.18. The van der Waals surface area contributed by atoms with Crippen LogP contribution in [0.4, 0.5) is 5.69 Å². The number of hydrogen-bond donors (Lipinski definition) is 0. The minimum Gasteiger partial charge on any atom is -0.493 e. The second kappa shape index (κ2) is 9.14. The van der Waals surface area contributed by atoms with E-state index in [2.05, 4.69) is 0 Å². The lowest BCUT2D eigenvalue weighted by atomic mass is 10.1. The lowest BCUT2D eigenvalue weighted by molar-refractivity contribution is -0.122. The number of aryl methyl sites for hydroxylation is 1. The van der Waals surface area contributed by atoms with Crippen molar-refractivity contribution in [3.63, 3.8) is 0 Å². The van der Waals surface area contributed by atoms with Crippen LogP contribution in [-0.4, -0.2) is 30.2 Å². The van der Waals surface area contributed by atoms with Crippen molar-refractivity contribution in [1.82, 2.24) is 4.90 Å². The van der Waals surface area contributed by atoms with Gasteiger partial charge in [0.1, 0.15) is 5.76 Å². The van der Waals surface area contributed by atoms with Crippen LogP contribution in [0, 0.1) is 6.92 Å². The maximum absolute atomic E-state index is 13.3. The lowest BCUT2D eigenvalue weighted by Gasteiger charge is -2.14. The molecule has 0 spiro atoms. The van der Waals surface area contributed by atoms with Gasteiger partial charge in [0.05, 0.1) is 37.6 Å². The molecular formula is C24H22N2O4S. The van der Waals surface area contributed by atoms with Gasteiger partial charge in [0.25, 0.3) is 5.91 Å². The molecule has 1 amide bonds. The highest BCUT2D eigenvalue weighted by Gasteiger charge is 2.34. The van der Waals surface area contributed by atoms with E-state index >= 15 is 0 Å². The third-order valence-corrected chi connectivity index (χ3v) is 5.83. The monoisotopic (exact) mass is 434 g/mol.